The second-order valence-electron chi connectivity index (χ2n) is 4.94. The van der Waals surface area contributed by atoms with Crippen molar-refractivity contribution in [2.45, 2.75) is 19.3 Å². The molecule has 0 heterocycles. The van der Waals surface area contributed by atoms with Gasteiger partial charge in [0.2, 0.25) is 0 Å². The molecule has 0 saturated carbocycles. The Morgan fingerprint density at radius 1 is 1.20 bits per heavy atom. The molecule has 1 nitrogen and oxygen atoms in total. The number of hydrogen-bond acceptors (Lipinski definition) is 1. The van der Waals surface area contributed by atoms with Gasteiger partial charge < -0.3 is 4.74 Å². The van der Waals surface area contributed by atoms with E-state index in [2.05, 4.69) is 59.3 Å². The van der Waals surface area contributed by atoms with Gasteiger partial charge in [0.05, 0.1) is 11.6 Å². The first kappa shape index (κ1) is 15.4. The van der Waals surface area contributed by atoms with Crippen molar-refractivity contribution in [1.82, 2.24) is 0 Å². The number of ether oxygens (including phenoxy) is 1. The van der Waals surface area contributed by atoms with E-state index >= 15 is 0 Å². The topological polar surface area (TPSA) is 9.23 Å². The highest BCUT2D eigenvalue weighted by molar-refractivity contribution is 9.10. The van der Waals surface area contributed by atoms with E-state index < -0.39 is 0 Å². The molecule has 20 heavy (non-hydrogen) atoms. The number of hydrogen-bond donors (Lipinski definition) is 0. The molecule has 1 unspecified atom stereocenters. The molecular formula is C17H18BrClO. The summed E-state index contributed by atoms with van der Waals surface area (Å²) in [6.45, 7) is 2.11. The lowest BCUT2D eigenvalue weighted by Crippen LogP contribution is -2.05. The number of rotatable bonds is 5. The first-order chi connectivity index (χ1) is 9.63. The fraction of sp³-hybridized carbons (Fsp3) is 0.294. The van der Waals surface area contributed by atoms with Crippen LogP contribution < -0.4 is 4.74 Å². The summed E-state index contributed by atoms with van der Waals surface area (Å²) in [6, 6.07) is 14.8. The molecule has 0 amide bonds. The highest BCUT2D eigenvalue weighted by Crippen LogP contribution is 2.29. The van der Waals surface area contributed by atoms with Crippen LogP contribution in [0.15, 0.2) is 46.9 Å². The Hall–Kier alpha value is -0.990. The molecule has 1 atom stereocenters. The van der Waals surface area contributed by atoms with Crippen molar-refractivity contribution >= 4 is 27.5 Å². The summed E-state index contributed by atoms with van der Waals surface area (Å²) in [5.41, 5.74) is 3.82. The largest absolute Gasteiger partial charge is 0.496 e. The van der Waals surface area contributed by atoms with Gasteiger partial charge in [-0.25, -0.2) is 0 Å². The molecule has 106 valence electrons. The van der Waals surface area contributed by atoms with Crippen molar-refractivity contribution in [2.75, 3.05) is 13.0 Å². The van der Waals surface area contributed by atoms with Crippen LogP contribution in [0.1, 0.15) is 22.6 Å². The number of methoxy groups -OCH3 is 1. The third-order valence-corrected chi connectivity index (χ3v) is 4.39. The predicted octanol–water partition coefficient (Wildman–Crippen LogP) is 5.33. The third kappa shape index (κ3) is 3.77. The Morgan fingerprint density at radius 3 is 2.60 bits per heavy atom. The van der Waals surface area contributed by atoms with Crippen molar-refractivity contribution in [3.05, 3.63) is 63.6 Å². The molecule has 2 rings (SSSR count). The molecule has 0 aliphatic carbocycles. The van der Waals surface area contributed by atoms with Crippen LogP contribution >= 0.6 is 27.5 Å². The fourth-order valence-corrected chi connectivity index (χ4v) is 3.18. The zero-order chi connectivity index (χ0) is 14.5. The van der Waals surface area contributed by atoms with Crippen LogP contribution in [0, 0.1) is 6.92 Å². The van der Waals surface area contributed by atoms with Gasteiger partial charge in [-0.2, -0.15) is 0 Å². The van der Waals surface area contributed by atoms with Crippen LogP contribution in [0.2, 0.25) is 0 Å². The van der Waals surface area contributed by atoms with E-state index in [1.54, 1.807) is 7.11 Å². The number of benzene rings is 2. The standard InChI is InChI=1S/C17H18BrClO/c1-12-4-3-5-14(8-12)15(11-19)9-13-6-7-17(20-2)16(18)10-13/h3-8,10,15H,9,11H2,1-2H3. The van der Waals surface area contributed by atoms with E-state index in [9.17, 15) is 0 Å². The second-order valence-corrected chi connectivity index (χ2v) is 6.10. The Balaban J connectivity index is 2.20. The van der Waals surface area contributed by atoms with Gasteiger partial charge >= 0.3 is 0 Å². The molecule has 0 aliphatic heterocycles. The van der Waals surface area contributed by atoms with E-state index in [0.717, 1.165) is 16.6 Å². The third-order valence-electron chi connectivity index (χ3n) is 3.40. The van der Waals surface area contributed by atoms with Crippen LogP contribution in [0.4, 0.5) is 0 Å². The molecule has 0 aromatic heterocycles. The van der Waals surface area contributed by atoms with E-state index in [4.69, 9.17) is 16.3 Å². The van der Waals surface area contributed by atoms with Crippen LogP contribution in [0.3, 0.4) is 0 Å². The lowest BCUT2D eigenvalue weighted by Gasteiger charge is -2.16. The van der Waals surface area contributed by atoms with Gasteiger partial charge in [0.25, 0.3) is 0 Å². The summed E-state index contributed by atoms with van der Waals surface area (Å²) in [5.74, 6) is 1.80. The summed E-state index contributed by atoms with van der Waals surface area (Å²) in [4.78, 5) is 0. The van der Waals surface area contributed by atoms with Crippen molar-refractivity contribution in [3.63, 3.8) is 0 Å². The highest BCUT2D eigenvalue weighted by Gasteiger charge is 2.12. The SMILES string of the molecule is COc1ccc(CC(CCl)c2cccc(C)c2)cc1Br. The van der Waals surface area contributed by atoms with Crippen LogP contribution in [-0.2, 0) is 6.42 Å². The monoisotopic (exact) mass is 352 g/mol. The number of aryl methyl sites for hydroxylation is 1. The molecule has 0 spiro atoms. The normalized spacial score (nSPS) is 12.2. The molecule has 0 N–H and O–H groups in total. The average Bonchev–Trinajstić information content (AvgIpc) is 2.45. The molecule has 3 heteroatoms. The van der Waals surface area contributed by atoms with Gasteiger partial charge in [0.1, 0.15) is 5.75 Å². The van der Waals surface area contributed by atoms with Gasteiger partial charge in [-0.15, -0.1) is 11.6 Å². The molecule has 2 aromatic carbocycles. The minimum atomic E-state index is 0.330. The highest BCUT2D eigenvalue weighted by atomic mass is 79.9. The van der Waals surface area contributed by atoms with Gasteiger partial charge in [-0.3, -0.25) is 0 Å². The maximum atomic E-state index is 6.17. The number of alkyl halides is 1. The van der Waals surface area contributed by atoms with E-state index in [1.165, 1.54) is 16.7 Å². The second kappa shape index (κ2) is 7.14. The van der Waals surface area contributed by atoms with Crippen molar-refractivity contribution in [1.29, 1.82) is 0 Å². The lowest BCUT2D eigenvalue weighted by molar-refractivity contribution is 0.412. The van der Waals surface area contributed by atoms with Crippen LogP contribution in [0.5, 0.6) is 5.75 Å². The summed E-state index contributed by atoms with van der Waals surface area (Å²) in [6.07, 6.45) is 0.926. The first-order valence-corrected chi connectivity index (χ1v) is 7.91. The predicted molar refractivity (Wildman–Crippen MR) is 89.0 cm³/mol. The smallest absolute Gasteiger partial charge is 0.133 e. The number of halogens is 2. The van der Waals surface area contributed by atoms with E-state index in [1.807, 2.05) is 6.07 Å². The summed E-state index contributed by atoms with van der Waals surface area (Å²) in [7, 11) is 1.67. The Labute approximate surface area is 134 Å². The first-order valence-electron chi connectivity index (χ1n) is 6.59. The molecule has 0 fully saturated rings. The Bertz CT molecular complexity index is 583. The van der Waals surface area contributed by atoms with Crippen molar-refractivity contribution < 1.29 is 4.74 Å². The minimum Gasteiger partial charge on any atom is -0.496 e. The molecule has 2 aromatic rings. The lowest BCUT2D eigenvalue weighted by atomic mass is 9.92. The molecule has 0 aliphatic rings. The molecular weight excluding hydrogens is 336 g/mol. The fourth-order valence-electron chi connectivity index (χ4n) is 2.31. The van der Waals surface area contributed by atoms with Crippen molar-refractivity contribution in [2.24, 2.45) is 0 Å². The van der Waals surface area contributed by atoms with Gasteiger partial charge in [-0.1, -0.05) is 35.9 Å². The summed E-state index contributed by atoms with van der Waals surface area (Å²) in [5, 5.41) is 0. The average molecular weight is 354 g/mol. The Kier molecular flexibility index (Phi) is 5.50. The maximum Gasteiger partial charge on any atom is 0.133 e. The minimum absolute atomic E-state index is 0.330. The molecule has 0 radical (unpaired) electrons. The van der Waals surface area contributed by atoms with Crippen molar-refractivity contribution in [3.8, 4) is 5.75 Å². The summed E-state index contributed by atoms with van der Waals surface area (Å²) >= 11 is 9.70. The molecule has 0 bridgehead atoms. The quantitative estimate of drug-likeness (QED) is 0.660. The van der Waals surface area contributed by atoms with Gasteiger partial charge in [0, 0.05) is 11.8 Å². The van der Waals surface area contributed by atoms with Gasteiger partial charge in [-0.05, 0) is 52.5 Å². The van der Waals surface area contributed by atoms with Crippen LogP contribution in [-0.4, -0.2) is 13.0 Å². The van der Waals surface area contributed by atoms with Gasteiger partial charge in [0.15, 0.2) is 0 Å². The zero-order valence-electron chi connectivity index (χ0n) is 11.7. The maximum absolute atomic E-state index is 6.17. The molecule has 0 saturated heterocycles. The Morgan fingerprint density at radius 2 is 2.00 bits per heavy atom. The zero-order valence-corrected chi connectivity index (χ0v) is 14.0. The summed E-state index contributed by atoms with van der Waals surface area (Å²) < 4.78 is 6.24. The van der Waals surface area contributed by atoms with Crippen LogP contribution in [0.25, 0.3) is 0 Å². The van der Waals surface area contributed by atoms with E-state index in [-0.39, 0.29) is 0 Å². The van der Waals surface area contributed by atoms with E-state index in [0.29, 0.717) is 11.8 Å².